The number of benzene rings is 2. The Morgan fingerprint density at radius 3 is 2.46 bits per heavy atom. The molecule has 3 heterocycles. The molecule has 1 fully saturated rings. The molecule has 5 rings (SSSR count). The maximum absolute atomic E-state index is 12.7. The Morgan fingerprint density at radius 1 is 1.03 bits per heavy atom. The summed E-state index contributed by atoms with van der Waals surface area (Å²) in [4.78, 5) is 26.8. The predicted molar refractivity (Wildman–Crippen MR) is 118 cm³/mol. The number of halogens is 3. The summed E-state index contributed by atoms with van der Waals surface area (Å²) in [6.07, 6.45) is -3.17. The molecular weight excluding hydrogens is 465 g/mol. The average Bonchev–Trinajstić information content (AvgIpc) is 3.50. The molecule has 1 unspecified atom stereocenters. The molecule has 1 N–H and O–H groups in total. The number of aromatic nitrogens is 2. The van der Waals surface area contributed by atoms with Gasteiger partial charge in [-0.1, -0.05) is 12.1 Å². The minimum absolute atomic E-state index is 0.0973. The highest BCUT2D eigenvalue weighted by Gasteiger charge is 2.36. The highest BCUT2D eigenvalue weighted by Crippen LogP contribution is 2.36. The summed E-state index contributed by atoms with van der Waals surface area (Å²) >= 11 is 0. The number of hydrogen-bond acceptors (Lipinski definition) is 5. The van der Waals surface area contributed by atoms with Gasteiger partial charge in [-0.2, -0.15) is 18.3 Å². The molecule has 2 aromatic carbocycles. The second-order valence-corrected chi connectivity index (χ2v) is 8.26. The van der Waals surface area contributed by atoms with Crippen molar-refractivity contribution in [2.45, 2.75) is 19.1 Å². The molecule has 2 amide bonds. The van der Waals surface area contributed by atoms with Gasteiger partial charge >= 0.3 is 6.18 Å². The van der Waals surface area contributed by atoms with Gasteiger partial charge in [0.15, 0.2) is 17.2 Å². The van der Waals surface area contributed by atoms with Crippen molar-refractivity contribution >= 4 is 17.5 Å². The first-order valence-corrected chi connectivity index (χ1v) is 11.0. The molecule has 0 spiro atoms. The fraction of sp³-hybridized carbons (Fsp3) is 0.292. The first kappa shape index (κ1) is 22.8. The van der Waals surface area contributed by atoms with E-state index in [-0.39, 0.29) is 31.3 Å². The first-order chi connectivity index (χ1) is 16.8. The van der Waals surface area contributed by atoms with Crippen molar-refractivity contribution in [2.24, 2.45) is 5.92 Å². The summed E-state index contributed by atoms with van der Waals surface area (Å²) in [6, 6.07) is 12.8. The van der Waals surface area contributed by atoms with Crippen LogP contribution in [0.3, 0.4) is 0 Å². The van der Waals surface area contributed by atoms with Gasteiger partial charge in [-0.15, -0.1) is 0 Å². The topological polar surface area (TPSA) is 85.7 Å². The second kappa shape index (κ2) is 8.97. The van der Waals surface area contributed by atoms with E-state index in [2.05, 4.69) is 10.4 Å². The lowest BCUT2D eigenvalue weighted by molar-refractivity contribution is -0.141. The minimum Gasteiger partial charge on any atom is -0.486 e. The van der Waals surface area contributed by atoms with Gasteiger partial charge in [0.25, 0.3) is 0 Å². The van der Waals surface area contributed by atoms with Crippen molar-refractivity contribution in [3.8, 4) is 17.2 Å². The lowest BCUT2D eigenvalue weighted by Gasteiger charge is -2.22. The smallest absolute Gasteiger partial charge is 0.435 e. The summed E-state index contributed by atoms with van der Waals surface area (Å²) in [7, 11) is 0. The quantitative estimate of drug-likeness (QED) is 0.598. The number of rotatable bonds is 5. The number of hydrogen-bond donors (Lipinski definition) is 1. The molecule has 1 saturated heterocycles. The largest absolute Gasteiger partial charge is 0.486 e. The summed E-state index contributed by atoms with van der Waals surface area (Å²) in [5, 5.41) is 6.37. The summed E-state index contributed by atoms with van der Waals surface area (Å²) in [5.41, 5.74) is 0.910. The number of nitrogens with one attached hydrogen (secondary N) is 1. The van der Waals surface area contributed by atoms with Gasteiger partial charge < -0.3 is 19.7 Å². The van der Waals surface area contributed by atoms with Crippen LogP contribution in [0, 0.1) is 5.92 Å². The SMILES string of the molecule is O=C(NCc1ccc(-n2ccc(C(F)(F)F)n2)cc1)C1CC(=O)N(c2ccc3c(c2)OCCO3)C1. The van der Waals surface area contributed by atoms with Crippen LogP contribution in [-0.2, 0) is 22.3 Å². The van der Waals surface area contributed by atoms with Gasteiger partial charge in [-0.3, -0.25) is 9.59 Å². The van der Waals surface area contributed by atoms with Crippen LogP contribution in [0.2, 0.25) is 0 Å². The van der Waals surface area contributed by atoms with Crippen LogP contribution >= 0.6 is 0 Å². The number of carbonyl (C=O) groups is 2. The number of ether oxygens (including phenoxy) is 2. The molecule has 1 aromatic heterocycles. The van der Waals surface area contributed by atoms with Crippen molar-refractivity contribution < 1.29 is 32.2 Å². The van der Waals surface area contributed by atoms with Gasteiger partial charge in [0.2, 0.25) is 11.8 Å². The zero-order chi connectivity index (χ0) is 24.6. The van der Waals surface area contributed by atoms with Crippen LogP contribution in [0.1, 0.15) is 17.7 Å². The van der Waals surface area contributed by atoms with Gasteiger partial charge in [-0.05, 0) is 35.9 Å². The fourth-order valence-corrected chi connectivity index (χ4v) is 4.05. The van der Waals surface area contributed by atoms with Crippen LogP contribution < -0.4 is 19.7 Å². The molecule has 1 atom stereocenters. The molecule has 3 aromatic rings. The van der Waals surface area contributed by atoms with Crippen LogP contribution in [0.25, 0.3) is 5.69 Å². The lowest BCUT2D eigenvalue weighted by Crippen LogP contribution is -2.32. The maximum atomic E-state index is 12.7. The standard InChI is InChI=1S/C24H21F3N4O4/c25-24(26,27)21-7-8-31(29-21)17-3-1-15(2-4-17)13-28-23(33)16-11-22(32)30(14-16)18-5-6-19-20(12-18)35-10-9-34-19/h1-8,12,16H,9-11,13-14H2,(H,28,33). The molecule has 2 aliphatic rings. The summed E-state index contributed by atoms with van der Waals surface area (Å²) < 4.78 is 50.5. The van der Waals surface area contributed by atoms with E-state index in [1.54, 1.807) is 47.4 Å². The van der Waals surface area contributed by atoms with E-state index >= 15 is 0 Å². The zero-order valence-electron chi connectivity index (χ0n) is 18.4. The van der Waals surface area contributed by atoms with Gasteiger partial charge in [0.05, 0.1) is 11.6 Å². The van der Waals surface area contributed by atoms with Crippen molar-refractivity contribution in [2.75, 3.05) is 24.7 Å². The molecular formula is C24H21F3N4O4. The molecule has 0 aliphatic carbocycles. The highest BCUT2D eigenvalue weighted by molar-refractivity contribution is 6.00. The Balaban J connectivity index is 1.18. The van der Waals surface area contributed by atoms with E-state index in [0.717, 1.165) is 16.3 Å². The normalized spacial score (nSPS) is 17.5. The Bertz CT molecular complexity index is 1260. The molecule has 11 heteroatoms. The summed E-state index contributed by atoms with van der Waals surface area (Å²) in [5.74, 6) is 0.302. The monoisotopic (exact) mass is 486 g/mol. The molecule has 0 bridgehead atoms. The molecule has 0 radical (unpaired) electrons. The van der Waals surface area contributed by atoms with E-state index in [9.17, 15) is 22.8 Å². The molecule has 8 nitrogen and oxygen atoms in total. The third kappa shape index (κ3) is 4.79. The Morgan fingerprint density at radius 2 is 1.74 bits per heavy atom. The Kier molecular flexibility index (Phi) is 5.83. The molecule has 0 saturated carbocycles. The van der Waals surface area contributed by atoms with E-state index in [0.29, 0.717) is 36.1 Å². The van der Waals surface area contributed by atoms with Gasteiger partial charge in [0.1, 0.15) is 13.2 Å². The van der Waals surface area contributed by atoms with E-state index in [4.69, 9.17) is 9.47 Å². The average molecular weight is 486 g/mol. The minimum atomic E-state index is -4.51. The third-order valence-corrected chi connectivity index (χ3v) is 5.88. The van der Waals surface area contributed by atoms with E-state index in [1.807, 2.05) is 0 Å². The zero-order valence-corrected chi connectivity index (χ0v) is 18.4. The van der Waals surface area contributed by atoms with Crippen molar-refractivity contribution in [1.29, 1.82) is 0 Å². The van der Waals surface area contributed by atoms with Crippen molar-refractivity contribution in [1.82, 2.24) is 15.1 Å². The van der Waals surface area contributed by atoms with Crippen LogP contribution in [0.15, 0.2) is 54.7 Å². The van der Waals surface area contributed by atoms with E-state index in [1.165, 1.54) is 6.20 Å². The lowest BCUT2D eigenvalue weighted by atomic mass is 10.1. The Hall–Kier alpha value is -4.02. The van der Waals surface area contributed by atoms with Crippen LogP contribution in [0.4, 0.5) is 18.9 Å². The first-order valence-electron chi connectivity index (χ1n) is 11.0. The Labute approximate surface area is 198 Å². The number of amides is 2. The second-order valence-electron chi connectivity index (χ2n) is 8.26. The fourth-order valence-electron chi connectivity index (χ4n) is 4.05. The molecule has 35 heavy (non-hydrogen) atoms. The molecule has 182 valence electrons. The van der Waals surface area contributed by atoms with Crippen LogP contribution in [0.5, 0.6) is 11.5 Å². The number of fused-ring (bicyclic) bond motifs is 1. The number of carbonyl (C=O) groups excluding carboxylic acids is 2. The predicted octanol–water partition coefficient (Wildman–Crippen LogP) is 3.33. The van der Waals surface area contributed by atoms with Gasteiger partial charge in [0, 0.05) is 37.5 Å². The van der Waals surface area contributed by atoms with E-state index < -0.39 is 17.8 Å². The highest BCUT2D eigenvalue weighted by atomic mass is 19.4. The number of nitrogens with zero attached hydrogens (tertiary/aromatic N) is 3. The van der Waals surface area contributed by atoms with Crippen molar-refractivity contribution in [3.63, 3.8) is 0 Å². The van der Waals surface area contributed by atoms with Crippen molar-refractivity contribution in [3.05, 3.63) is 66.0 Å². The molecule has 2 aliphatic heterocycles. The third-order valence-electron chi connectivity index (χ3n) is 5.88. The maximum Gasteiger partial charge on any atom is 0.435 e. The summed E-state index contributed by atoms with van der Waals surface area (Å²) in [6.45, 7) is 1.39. The van der Waals surface area contributed by atoms with Gasteiger partial charge in [-0.25, -0.2) is 4.68 Å². The number of alkyl halides is 3. The number of anilines is 1. The van der Waals surface area contributed by atoms with Crippen LogP contribution in [-0.4, -0.2) is 41.4 Å².